The third kappa shape index (κ3) is 2.29. The number of H-pyrrole nitrogens is 1. The first-order chi connectivity index (χ1) is 7.27. The summed E-state index contributed by atoms with van der Waals surface area (Å²) in [5, 5.41) is 9.51. The van der Waals surface area contributed by atoms with Crippen molar-refractivity contribution in [2.24, 2.45) is 0 Å². The standard InChI is InChI=1S/C10H16N4O/c1-8-9(7-11-13-8)12-10(15)14-5-3-2-4-6-14/h7H,2-6H2,1H3,(H,11,13)(H,12,15). The van der Waals surface area contributed by atoms with Crippen LogP contribution in [0.3, 0.4) is 0 Å². The van der Waals surface area contributed by atoms with E-state index in [1.807, 2.05) is 11.8 Å². The van der Waals surface area contributed by atoms with Crippen LogP contribution < -0.4 is 5.32 Å². The zero-order valence-corrected chi connectivity index (χ0v) is 8.92. The normalized spacial score (nSPS) is 16.5. The van der Waals surface area contributed by atoms with Gasteiger partial charge in [0.15, 0.2) is 0 Å². The fourth-order valence-corrected chi connectivity index (χ4v) is 1.77. The number of aryl methyl sites for hydroxylation is 1. The van der Waals surface area contributed by atoms with Crippen LogP contribution in [0.1, 0.15) is 25.0 Å². The molecule has 15 heavy (non-hydrogen) atoms. The molecule has 1 aromatic heterocycles. The van der Waals surface area contributed by atoms with Crippen LogP contribution in [-0.4, -0.2) is 34.2 Å². The first kappa shape index (κ1) is 10.0. The molecule has 2 N–H and O–H groups in total. The quantitative estimate of drug-likeness (QED) is 0.738. The molecule has 0 aliphatic carbocycles. The van der Waals surface area contributed by atoms with Crippen molar-refractivity contribution < 1.29 is 4.79 Å². The molecule has 2 heterocycles. The monoisotopic (exact) mass is 208 g/mol. The molecule has 0 spiro atoms. The SMILES string of the molecule is Cc1[nH]ncc1NC(=O)N1CCCCC1. The van der Waals surface area contributed by atoms with Gasteiger partial charge in [0.05, 0.1) is 17.6 Å². The number of nitrogens with zero attached hydrogens (tertiary/aromatic N) is 2. The summed E-state index contributed by atoms with van der Waals surface area (Å²) in [6.07, 6.45) is 5.08. The third-order valence-corrected chi connectivity index (χ3v) is 2.71. The molecule has 1 aliphatic heterocycles. The number of carbonyl (C=O) groups excluding carboxylic acids is 1. The van der Waals surface area contributed by atoms with Crippen molar-refractivity contribution in [1.82, 2.24) is 15.1 Å². The van der Waals surface area contributed by atoms with E-state index in [9.17, 15) is 4.79 Å². The summed E-state index contributed by atoms with van der Waals surface area (Å²) in [6, 6.07) is -0.0146. The van der Waals surface area contributed by atoms with Gasteiger partial charge in [0.2, 0.25) is 0 Å². The van der Waals surface area contributed by atoms with E-state index in [1.54, 1.807) is 6.20 Å². The Morgan fingerprint density at radius 1 is 1.47 bits per heavy atom. The highest BCUT2D eigenvalue weighted by molar-refractivity contribution is 5.89. The lowest BCUT2D eigenvalue weighted by Crippen LogP contribution is -2.38. The molecule has 0 radical (unpaired) electrons. The van der Waals surface area contributed by atoms with Gasteiger partial charge in [-0.1, -0.05) is 0 Å². The van der Waals surface area contributed by atoms with E-state index in [2.05, 4.69) is 15.5 Å². The van der Waals surface area contributed by atoms with Crippen LogP contribution in [0, 0.1) is 6.92 Å². The molecule has 0 bridgehead atoms. The number of aromatic amines is 1. The lowest BCUT2D eigenvalue weighted by atomic mass is 10.1. The molecule has 0 saturated carbocycles. The second-order valence-corrected chi connectivity index (χ2v) is 3.89. The minimum Gasteiger partial charge on any atom is -0.325 e. The molecule has 82 valence electrons. The molecular formula is C10H16N4O. The van der Waals surface area contributed by atoms with Crippen LogP contribution in [0.25, 0.3) is 0 Å². The largest absolute Gasteiger partial charge is 0.325 e. The van der Waals surface area contributed by atoms with Gasteiger partial charge in [0, 0.05) is 13.1 Å². The summed E-state index contributed by atoms with van der Waals surface area (Å²) >= 11 is 0. The summed E-state index contributed by atoms with van der Waals surface area (Å²) in [7, 11) is 0. The average molecular weight is 208 g/mol. The van der Waals surface area contributed by atoms with Gasteiger partial charge in [-0.15, -0.1) is 0 Å². The average Bonchev–Trinajstić information content (AvgIpc) is 2.66. The van der Waals surface area contributed by atoms with Gasteiger partial charge >= 0.3 is 6.03 Å². The van der Waals surface area contributed by atoms with Gasteiger partial charge in [-0.3, -0.25) is 5.10 Å². The summed E-state index contributed by atoms with van der Waals surface area (Å²) in [5.74, 6) is 0. The number of rotatable bonds is 1. The van der Waals surface area contributed by atoms with E-state index in [1.165, 1.54) is 6.42 Å². The molecule has 0 aromatic carbocycles. The zero-order chi connectivity index (χ0) is 10.7. The van der Waals surface area contributed by atoms with E-state index in [-0.39, 0.29) is 6.03 Å². The van der Waals surface area contributed by atoms with Gasteiger partial charge in [-0.2, -0.15) is 5.10 Å². The van der Waals surface area contributed by atoms with Crippen molar-refractivity contribution in [3.63, 3.8) is 0 Å². The van der Waals surface area contributed by atoms with Crippen molar-refractivity contribution in [2.45, 2.75) is 26.2 Å². The van der Waals surface area contributed by atoms with Crippen LogP contribution in [0.2, 0.25) is 0 Å². The number of likely N-dealkylation sites (tertiary alicyclic amines) is 1. The third-order valence-electron chi connectivity index (χ3n) is 2.71. The Labute approximate surface area is 88.8 Å². The minimum absolute atomic E-state index is 0.0146. The lowest BCUT2D eigenvalue weighted by molar-refractivity contribution is 0.200. The number of anilines is 1. The van der Waals surface area contributed by atoms with E-state index in [4.69, 9.17) is 0 Å². The molecule has 1 aromatic rings. The fraction of sp³-hybridized carbons (Fsp3) is 0.600. The Hall–Kier alpha value is -1.52. The van der Waals surface area contributed by atoms with Crippen LogP contribution >= 0.6 is 0 Å². The Morgan fingerprint density at radius 2 is 2.20 bits per heavy atom. The van der Waals surface area contributed by atoms with Crippen molar-refractivity contribution >= 4 is 11.7 Å². The van der Waals surface area contributed by atoms with Gasteiger partial charge < -0.3 is 10.2 Å². The number of nitrogens with one attached hydrogen (secondary N) is 2. The second kappa shape index (κ2) is 4.33. The molecule has 1 aliphatic rings. The van der Waals surface area contributed by atoms with Crippen LogP contribution in [-0.2, 0) is 0 Å². The summed E-state index contributed by atoms with van der Waals surface area (Å²) in [4.78, 5) is 13.6. The van der Waals surface area contributed by atoms with Crippen molar-refractivity contribution in [3.05, 3.63) is 11.9 Å². The molecule has 2 amide bonds. The Kier molecular flexibility index (Phi) is 2.89. The Balaban J connectivity index is 1.94. The molecule has 1 saturated heterocycles. The fourth-order valence-electron chi connectivity index (χ4n) is 1.77. The highest BCUT2D eigenvalue weighted by atomic mass is 16.2. The first-order valence-electron chi connectivity index (χ1n) is 5.33. The molecule has 0 unspecified atom stereocenters. The predicted octanol–water partition coefficient (Wildman–Crippen LogP) is 1.74. The topological polar surface area (TPSA) is 61.0 Å². The number of hydrogen-bond donors (Lipinski definition) is 2. The molecule has 0 atom stereocenters. The van der Waals surface area contributed by atoms with E-state index >= 15 is 0 Å². The van der Waals surface area contributed by atoms with E-state index in [0.717, 1.165) is 37.3 Å². The maximum atomic E-state index is 11.8. The number of aromatic nitrogens is 2. The molecule has 5 heteroatoms. The van der Waals surface area contributed by atoms with Gasteiger partial charge in [0.1, 0.15) is 0 Å². The maximum absolute atomic E-state index is 11.8. The first-order valence-corrected chi connectivity index (χ1v) is 5.33. The van der Waals surface area contributed by atoms with Crippen molar-refractivity contribution in [3.8, 4) is 0 Å². The van der Waals surface area contributed by atoms with Gasteiger partial charge in [-0.05, 0) is 26.2 Å². The summed E-state index contributed by atoms with van der Waals surface area (Å²) < 4.78 is 0. The Morgan fingerprint density at radius 3 is 2.80 bits per heavy atom. The number of hydrogen-bond acceptors (Lipinski definition) is 2. The number of urea groups is 1. The molecular weight excluding hydrogens is 192 g/mol. The Bertz CT molecular complexity index is 341. The van der Waals surface area contributed by atoms with Crippen LogP contribution in [0.4, 0.5) is 10.5 Å². The zero-order valence-electron chi connectivity index (χ0n) is 8.92. The summed E-state index contributed by atoms with van der Waals surface area (Å²) in [6.45, 7) is 3.62. The molecule has 1 fully saturated rings. The van der Waals surface area contributed by atoms with E-state index < -0.39 is 0 Å². The van der Waals surface area contributed by atoms with E-state index in [0.29, 0.717) is 0 Å². The molecule has 5 nitrogen and oxygen atoms in total. The van der Waals surface area contributed by atoms with Gasteiger partial charge in [-0.25, -0.2) is 4.79 Å². The van der Waals surface area contributed by atoms with Gasteiger partial charge in [0.25, 0.3) is 0 Å². The maximum Gasteiger partial charge on any atom is 0.321 e. The minimum atomic E-state index is -0.0146. The predicted molar refractivity (Wildman–Crippen MR) is 57.8 cm³/mol. The van der Waals surface area contributed by atoms with Crippen molar-refractivity contribution in [2.75, 3.05) is 18.4 Å². The number of amides is 2. The number of piperidine rings is 1. The second-order valence-electron chi connectivity index (χ2n) is 3.89. The smallest absolute Gasteiger partial charge is 0.321 e. The highest BCUT2D eigenvalue weighted by Gasteiger charge is 2.17. The van der Waals surface area contributed by atoms with Crippen LogP contribution in [0.15, 0.2) is 6.20 Å². The van der Waals surface area contributed by atoms with Crippen LogP contribution in [0.5, 0.6) is 0 Å². The number of carbonyl (C=O) groups is 1. The summed E-state index contributed by atoms with van der Waals surface area (Å²) in [5.41, 5.74) is 1.66. The molecule has 2 rings (SSSR count). The lowest BCUT2D eigenvalue weighted by Gasteiger charge is -2.26. The highest BCUT2D eigenvalue weighted by Crippen LogP contribution is 2.13. The van der Waals surface area contributed by atoms with Crippen molar-refractivity contribution in [1.29, 1.82) is 0 Å².